The molecule has 0 bridgehead atoms. The largest absolute Gasteiger partial charge is 0.458 e. The van der Waals surface area contributed by atoms with Crippen LogP contribution in [-0.4, -0.2) is 35.0 Å². The topological polar surface area (TPSA) is 46.6 Å². The zero-order valence-corrected chi connectivity index (χ0v) is 10.7. The highest BCUT2D eigenvalue weighted by atomic mass is 16.6. The number of rotatable bonds is 3. The minimum atomic E-state index is -0.493. The van der Waals surface area contributed by atoms with Crippen LogP contribution in [0.1, 0.15) is 41.0 Å². The summed E-state index contributed by atoms with van der Waals surface area (Å²) in [4.78, 5) is 25.0. The maximum absolute atomic E-state index is 11.9. The first kappa shape index (κ1) is 13.0. The number of hydrogen-bond donors (Lipinski definition) is 0. The fraction of sp³-hybridized carbons (Fsp3) is 0.833. The van der Waals surface area contributed by atoms with E-state index in [0.717, 1.165) is 6.42 Å². The van der Waals surface area contributed by atoms with Crippen molar-refractivity contribution in [1.29, 1.82) is 0 Å². The van der Waals surface area contributed by atoms with Gasteiger partial charge in [-0.15, -0.1) is 0 Å². The molecule has 1 saturated heterocycles. The Morgan fingerprint density at radius 2 is 2.00 bits per heavy atom. The Kier molecular flexibility index (Phi) is 3.61. The SMILES string of the molecule is CCCN1C(=O)C(C)C1C(=O)OC(C)(C)C. The third-order valence-corrected chi connectivity index (χ3v) is 2.59. The molecule has 0 aromatic carbocycles. The van der Waals surface area contributed by atoms with E-state index in [2.05, 4.69) is 0 Å². The Morgan fingerprint density at radius 1 is 1.44 bits per heavy atom. The number of amides is 1. The minimum Gasteiger partial charge on any atom is -0.458 e. The lowest BCUT2D eigenvalue weighted by Crippen LogP contribution is -2.64. The molecule has 2 atom stereocenters. The van der Waals surface area contributed by atoms with E-state index in [1.54, 1.807) is 11.8 Å². The van der Waals surface area contributed by atoms with E-state index < -0.39 is 5.60 Å². The van der Waals surface area contributed by atoms with Crippen LogP contribution in [0.4, 0.5) is 0 Å². The number of likely N-dealkylation sites (tertiary alicyclic amines) is 1. The van der Waals surface area contributed by atoms with Crippen molar-refractivity contribution in [2.24, 2.45) is 5.92 Å². The molecular weight excluding hydrogens is 206 g/mol. The summed E-state index contributed by atoms with van der Waals surface area (Å²) in [6, 6.07) is -0.383. The number of carbonyl (C=O) groups excluding carboxylic acids is 2. The van der Waals surface area contributed by atoms with E-state index in [0.29, 0.717) is 6.54 Å². The van der Waals surface area contributed by atoms with E-state index in [9.17, 15) is 9.59 Å². The van der Waals surface area contributed by atoms with Gasteiger partial charge < -0.3 is 9.64 Å². The fourth-order valence-corrected chi connectivity index (χ4v) is 1.91. The van der Waals surface area contributed by atoms with E-state index in [1.165, 1.54) is 0 Å². The average molecular weight is 227 g/mol. The van der Waals surface area contributed by atoms with Crippen molar-refractivity contribution < 1.29 is 14.3 Å². The second-order valence-corrected chi connectivity index (χ2v) is 5.30. The monoisotopic (exact) mass is 227 g/mol. The molecule has 1 fully saturated rings. The van der Waals surface area contributed by atoms with Crippen LogP contribution in [-0.2, 0) is 14.3 Å². The molecule has 0 aliphatic carbocycles. The molecule has 0 aromatic heterocycles. The second-order valence-electron chi connectivity index (χ2n) is 5.30. The Labute approximate surface area is 96.9 Å². The smallest absolute Gasteiger partial charge is 0.330 e. The molecule has 1 heterocycles. The molecule has 0 radical (unpaired) electrons. The van der Waals surface area contributed by atoms with E-state index in [-0.39, 0.29) is 23.8 Å². The second kappa shape index (κ2) is 4.44. The summed E-state index contributed by atoms with van der Waals surface area (Å²) in [5, 5.41) is 0. The first-order chi connectivity index (χ1) is 7.28. The lowest BCUT2D eigenvalue weighted by atomic mass is 9.89. The first-order valence-corrected chi connectivity index (χ1v) is 5.81. The maximum atomic E-state index is 11.9. The van der Waals surface area contributed by atoms with Crippen LogP contribution in [0.3, 0.4) is 0 Å². The van der Waals surface area contributed by atoms with Gasteiger partial charge in [0.05, 0.1) is 5.92 Å². The quantitative estimate of drug-likeness (QED) is 0.543. The lowest BCUT2D eigenvalue weighted by molar-refractivity contribution is -0.180. The van der Waals surface area contributed by atoms with Crippen LogP contribution in [0, 0.1) is 5.92 Å². The molecule has 1 aliphatic heterocycles. The van der Waals surface area contributed by atoms with Gasteiger partial charge in [0.2, 0.25) is 5.91 Å². The highest BCUT2D eigenvalue weighted by Crippen LogP contribution is 2.28. The molecule has 4 nitrogen and oxygen atoms in total. The van der Waals surface area contributed by atoms with Crippen molar-refractivity contribution in [2.45, 2.75) is 52.7 Å². The van der Waals surface area contributed by atoms with Crippen molar-refractivity contribution in [2.75, 3.05) is 6.54 Å². The first-order valence-electron chi connectivity index (χ1n) is 5.81. The van der Waals surface area contributed by atoms with Crippen LogP contribution >= 0.6 is 0 Å². The summed E-state index contributed by atoms with van der Waals surface area (Å²) >= 11 is 0. The van der Waals surface area contributed by atoms with Crippen molar-refractivity contribution in [3.05, 3.63) is 0 Å². The van der Waals surface area contributed by atoms with Crippen molar-refractivity contribution in [3.8, 4) is 0 Å². The summed E-state index contributed by atoms with van der Waals surface area (Å²) < 4.78 is 5.30. The van der Waals surface area contributed by atoms with Crippen LogP contribution in [0.15, 0.2) is 0 Å². The van der Waals surface area contributed by atoms with Gasteiger partial charge in [-0.05, 0) is 27.2 Å². The molecule has 2 unspecified atom stereocenters. The number of carbonyl (C=O) groups is 2. The van der Waals surface area contributed by atoms with Gasteiger partial charge in [0.15, 0.2) is 0 Å². The van der Waals surface area contributed by atoms with Gasteiger partial charge >= 0.3 is 5.97 Å². The van der Waals surface area contributed by atoms with Crippen molar-refractivity contribution in [3.63, 3.8) is 0 Å². The third-order valence-electron chi connectivity index (χ3n) is 2.59. The van der Waals surface area contributed by atoms with Gasteiger partial charge in [0.1, 0.15) is 11.6 Å². The lowest BCUT2D eigenvalue weighted by Gasteiger charge is -2.44. The molecule has 1 aliphatic rings. The van der Waals surface area contributed by atoms with Crippen LogP contribution in [0.2, 0.25) is 0 Å². The van der Waals surface area contributed by atoms with E-state index >= 15 is 0 Å². The van der Waals surface area contributed by atoms with E-state index in [4.69, 9.17) is 4.74 Å². The van der Waals surface area contributed by atoms with Gasteiger partial charge in [0.25, 0.3) is 0 Å². The molecule has 4 heteroatoms. The normalized spacial score (nSPS) is 25.3. The standard InChI is InChI=1S/C12H21NO3/c1-6-7-13-9(8(2)10(13)14)11(15)16-12(3,4)5/h8-9H,6-7H2,1-5H3. The zero-order chi connectivity index (χ0) is 12.5. The Bertz CT molecular complexity index is 293. The summed E-state index contributed by atoms with van der Waals surface area (Å²) in [5.41, 5.74) is -0.493. The van der Waals surface area contributed by atoms with Gasteiger partial charge in [-0.1, -0.05) is 13.8 Å². The van der Waals surface area contributed by atoms with Crippen LogP contribution in [0.5, 0.6) is 0 Å². The summed E-state index contributed by atoms with van der Waals surface area (Å²) in [5.74, 6) is -0.466. The Morgan fingerprint density at radius 3 is 2.44 bits per heavy atom. The number of esters is 1. The van der Waals surface area contributed by atoms with Gasteiger partial charge in [-0.2, -0.15) is 0 Å². The highest BCUT2D eigenvalue weighted by molar-refractivity contribution is 5.97. The van der Waals surface area contributed by atoms with Crippen LogP contribution in [0.25, 0.3) is 0 Å². The van der Waals surface area contributed by atoms with Gasteiger partial charge in [0, 0.05) is 6.54 Å². The predicted octanol–water partition coefficient (Wildman–Crippen LogP) is 1.58. The summed E-state index contributed by atoms with van der Waals surface area (Å²) in [6.07, 6.45) is 0.859. The number of hydrogen-bond acceptors (Lipinski definition) is 3. The van der Waals surface area contributed by atoms with Crippen molar-refractivity contribution >= 4 is 11.9 Å². The molecule has 16 heavy (non-hydrogen) atoms. The number of ether oxygens (including phenoxy) is 1. The highest BCUT2D eigenvalue weighted by Gasteiger charge is 2.49. The third kappa shape index (κ3) is 2.54. The average Bonchev–Trinajstić information content (AvgIpc) is 2.13. The molecule has 0 spiro atoms. The molecule has 92 valence electrons. The van der Waals surface area contributed by atoms with E-state index in [1.807, 2.05) is 27.7 Å². The summed E-state index contributed by atoms with van der Waals surface area (Å²) in [6.45, 7) is 9.90. The zero-order valence-electron chi connectivity index (χ0n) is 10.7. The maximum Gasteiger partial charge on any atom is 0.330 e. The number of β-lactam (4-membered cyclic amide) rings is 1. The minimum absolute atomic E-state index is 0.0534. The molecule has 1 amide bonds. The van der Waals surface area contributed by atoms with Crippen molar-refractivity contribution in [1.82, 2.24) is 4.90 Å². The molecule has 1 rings (SSSR count). The molecule has 0 N–H and O–H groups in total. The molecule has 0 saturated carbocycles. The Balaban J connectivity index is 2.65. The Hall–Kier alpha value is -1.06. The van der Waals surface area contributed by atoms with Crippen LogP contribution < -0.4 is 0 Å². The predicted molar refractivity (Wildman–Crippen MR) is 60.8 cm³/mol. The van der Waals surface area contributed by atoms with Gasteiger partial charge in [-0.25, -0.2) is 4.79 Å². The van der Waals surface area contributed by atoms with Gasteiger partial charge in [-0.3, -0.25) is 4.79 Å². The number of nitrogens with zero attached hydrogens (tertiary/aromatic N) is 1. The molecular formula is C12H21NO3. The fourth-order valence-electron chi connectivity index (χ4n) is 1.91. The summed E-state index contributed by atoms with van der Waals surface area (Å²) in [7, 11) is 0. The molecule has 0 aromatic rings.